The molecule has 120 valence electrons. The minimum Gasteiger partial charge on any atom is -0.342 e. The summed E-state index contributed by atoms with van der Waals surface area (Å²) >= 11 is 0. The van der Waals surface area contributed by atoms with Crippen LogP contribution in [-0.4, -0.2) is 35.3 Å². The van der Waals surface area contributed by atoms with E-state index in [1.807, 2.05) is 39.5 Å². The smallest absolute Gasteiger partial charge is 0.246 e. The molecule has 1 heterocycles. The summed E-state index contributed by atoms with van der Waals surface area (Å²) in [5.74, 6) is 0.821. The van der Waals surface area contributed by atoms with E-state index < -0.39 is 0 Å². The molecule has 2 atom stereocenters. The van der Waals surface area contributed by atoms with Gasteiger partial charge in [0.05, 0.1) is 0 Å². The standard InChI is InChI=1S/C17H30N2O2/c1-11(2)13-16(21)19(10-12-8-6-7-9-12)14(15(20)18-13)17(3,4)5/h11-14H,6-10H2,1-5H3,(H,18,20). The minimum absolute atomic E-state index is 0.0128. The molecule has 2 rings (SSSR count). The average molecular weight is 294 g/mol. The number of carbonyl (C=O) groups is 2. The molecule has 0 bridgehead atoms. The molecule has 1 aliphatic carbocycles. The Morgan fingerprint density at radius 1 is 1.19 bits per heavy atom. The van der Waals surface area contributed by atoms with E-state index in [9.17, 15) is 9.59 Å². The number of hydrogen-bond donors (Lipinski definition) is 1. The molecule has 0 aromatic heterocycles. The summed E-state index contributed by atoms with van der Waals surface area (Å²) in [5, 5.41) is 2.95. The summed E-state index contributed by atoms with van der Waals surface area (Å²) in [7, 11) is 0. The van der Waals surface area contributed by atoms with Gasteiger partial charge in [-0.2, -0.15) is 0 Å². The lowest BCUT2D eigenvalue weighted by Crippen LogP contribution is -2.68. The van der Waals surface area contributed by atoms with E-state index in [0.29, 0.717) is 5.92 Å². The topological polar surface area (TPSA) is 49.4 Å². The van der Waals surface area contributed by atoms with Crippen LogP contribution in [0.3, 0.4) is 0 Å². The van der Waals surface area contributed by atoms with E-state index >= 15 is 0 Å². The van der Waals surface area contributed by atoms with Gasteiger partial charge in [-0.3, -0.25) is 9.59 Å². The number of piperazine rings is 1. The second-order valence-corrected chi connectivity index (χ2v) is 8.14. The Hall–Kier alpha value is -1.06. The van der Waals surface area contributed by atoms with Gasteiger partial charge in [-0.15, -0.1) is 0 Å². The van der Waals surface area contributed by atoms with Crippen LogP contribution >= 0.6 is 0 Å². The summed E-state index contributed by atoms with van der Waals surface area (Å²) in [6.45, 7) is 10.9. The lowest BCUT2D eigenvalue weighted by atomic mass is 9.81. The number of amides is 2. The first kappa shape index (κ1) is 16.3. The molecule has 0 aromatic carbocycles. The van der Waals surface area contributed by atoms with Gasteiger partial charge in [0, 0.05) is 6.54 Å². The second-order valence-electron chi connectivity index (χ2n) is 8.14. The van der Waals surface area contributed by atoms with Crippen LogP contribution in [0, 0.1) is 17.3 Å². The first-order valence-corrected chi connectivity index (χ1v) is 8.32. The van der Waals surface area contributed by atoms with Crippen molar-refractivity contribution in [3.63, 3.8) is 0 Å². The van der Waals surface area contributed by atoms with Gasteiger partial charge in [-0.1, -0.05) is 47.5 Å². The summed E-state index contributed by atoms with van der Waals surface area (Å²) in [4.78, 5) is 27.3. The van der Waals surface area contributed by atoms with E-state index in [0.717, 1.165) is 6.54 Å². The molecule has 1 aliphatic heterocycles. The number of rotatable bonds is 3. The predicted octanol–water partition coefficient (Wildman–Crippen LogP) is 2.57. The van der Waals surface area contributed by atoms with Crippen molar-refractivity contribution in [3.05, 3.63) is 0 Å². The maximum Gasteiger partial charge on any atom is 0.246 e. The third-order valence-corrected chi connectivity index (χ3v) is 4.82. The molecular weight excluding hydrogens is 264 g/mol. The summed E-state index contributed by atoms with van der Waals surface area (Å²) in [6.07, 6.45) is 4.89. The molecule has 4 heteroatoms. The van der Waals surface area contributed by atoms with Crippen molar-refractivity contribution in [1.29, 1.82) is 0 Å². The first-order chi connectivity index (χ1) is 9.71. The molecule has 21 heavy (non-hydrogen) atoms. The Bertz CT molecular complexity index is 406. The largest absolute Gasteiger partial charge is 0.342 e. The van der Waals surface area contributed by atoms with E-state index in [1.165, 1.54) is 25.7 Å². The molecule has 2 fully saturated rings. The van der Waals surface area contributed by atoms with E-state index in [1.54, 1.807) is 0 Å². The van der Waals surface area contributed by atoms with Crippen LogP contribution < -0.4 is 5.32 Å². The molecule has 0 spiro atoms. The normalized spacial score (nSPS) is 28.4. The fourth-order valence-corrected chi connectivity index (χ4v) is 3.72. The van der Waals surface area contributed by atoms with E-state index in [4.69, 9.17) is 0 Å². The molecule has 4 nitrogen and oxygen atoms in total. The van der Waals surface area contributed by atoms with Gasteiger partial charge in [0.2, 0.25) is 11.8 Å². The van der Waals surface area contributed by atoms with E-state index in [-0.39, 0.29) is 35.2 Å². The Morgan fingerprint density at radius 2 is 1.76 bits per heavy atom. The lowest BCUT2D eigenvalue weighted by Gasteiger charge is -2.46. The Balaban J connectivity index is 2.25. The van der Waals surface area contributed by atoms with Crippen molar-refractivity contribution in [2.24, 2.45) is 17.3 Å². The van der Waals surface area contributed by atoms with Gasteiger partial charge in [0.25, 0.3) is 0 Å². The molecule has 1 N–H and O–H groups in total. The molecule has 0 aromatic rings. The van der Waals surface area contributed by atoms with Crippen molar-refractivity contribution in [1.82, 2.24) is 10.2 Å². The van der Waals surface area contributed by atoms with Gasteiger partial charge in [-0.25, -0.2) is 0 Å². The zero-order valence-electron chi connectivity index (χ0n) is 14.1. The predicted molar refractivity (Wildman–Crippen MR) is 83.7 cm³/mol. The number of nitrogens with zero attached hydrogens (tertiary/aromatic N) is 1. The Kier molecular flexibility index (Phi) is 4.64. The zero-order chi connectivity index (χ0) is 15.8. The Morgan fingerprint density at radius 3 is 2.24 bits per heavy atom. The monoisotopic (exact) mass is 294 g/mol. The van der Waals surface area contributed by atoms with Crippen molar-refractivity contribution in [3.8, 4) is 0 Å². The molecule has 1 saturated heterocycles. The van der Waals surface area contributed by atoms with Crippen LogP contribution in [0.15, 0.2) is 0 Å². The molecule has 2 amide bonds. The highest BCUT2D eigenvalue weighted by atomic mass is 16.2. The number of hydrogen-bond acceptors (Lipinski definition) is 2. The zero-order valence-corrected chi connectivity index (χ0v) is 14.1. The first-order valence-electron chi connectivity index (χ1n) is 8.32. The molecule has 1 saturated carbocycles. The SMILES string of the molecule is CC(C)C1NC(=O)C(C(C)(C)C)N(CC2CCCC2)C1=O. The maximum atomic E-state index is 12.9. The second kappa shape index (κ2) is 5.98. The lowest BCUT2D eigenvalue weighted by molar-refractivity contribution is -0.155. The van der Waals surface area contributed by atoms with Gasteiger partial charge < -0.3 is 10.2 Å². The van der Waals surface area contributed by atoms with Gasteiger partial charge in [0.15, 0.2) is 0 Å². The van der Waals surface area contributed by atoms with Crippen molar-refractivity contribution >= 4 is 11.8 Å². The third-order valence-electron chi connectivity index (χ3n) is 4.82. The quantitative estimate of drug-likeness (QED) is 0.869. The number of nitrogens with one attached hydrogen (secondary N) is 1. The van der Waals surface area contributed by atoms with Crippen LogP contribution in [0.1, 0.15) is 60.3 Å². The van der Waals surface area contributed by atoms with Crippen LogP contribution in [0.2, 0.25) is 0 Å². The van der Waals surface area contributed by atoms with E-state index in [2.05, 4.69) is 5.32 Å². The third kappa shape index (κ3) is 3.41. The van der Waals surface area contributed by atoms with Crippen LogP contribution in [0.5, 0.6) is 0 Å². The minimum atomic E-state index is -0.363. The van der Waals surface area contributed by atoms with Crippen LogP contribution in [0.25, 0.3) is 0 Å². The summed E-state index contributed by atoms with van der Waals surface area (Å²) < 4.78 is 0. The van der Waals surface area contributed by atoms with Gasteiger partial charge in [0.1, 0.15) is 12.1 Å². The van der Waals surface area contributed by atoms with Crippen LogP contribution in [-0.2, 0) is 9.59 Å². The van der Waals surface area contributed by atoms with Crippen molar-refractivity contribution < 1.29 is 9.59 Å². The van der Waals surface area contributed by atoms with Crippen LogP contribution in [0.4, 0.5) is 0 Å². The van der Waals surface area contributed by atoms with Gasteiger partial charge in [-0.05, 0) is 30.1 Å². The van der Waals surface area contributed by atoms with Crippen molar-refractivity contribution in [2.75, 3.05) is 6.54 Å². The molecule has 2 aliphatic rings. The Labute approximate surface area is 128 Å². The highest BCUT2D eigenvalue weighted by Gasteiger charge is 2.47. The molecule has 2 unspecified atom stereocenters. The fourth-order valence-electron chi connectivity index (χ4n) is 3.72. The summed E-state index contributed by atoms with van der Waals surface area (Å²) in [5.41, 5.74) is -0.236. The summed E-state index contributed by atoms with van der Waals surface area (Å²) in [6, 6.07) is -0.710. The maximum absolute atomic E-state index is 12.9. The van der Waals surface area contributed by atoms with Gasteiger partial charge >= 0.3 is 0 Å². The molecule has 0 radical (unpaired) electrons. The fraction of sp³-hybridized carbons (Fsp3) is 0.882. The molecular formula is C17H30N2O2. The highest BCUT2D eigenvalue weighted by Crippen LogP contribution is 2.33. The average Bonchev–Trinajstić information content (AvgIpc) is 2.84. The highest BCUT2D eigenvalue weighted by molar-refractivity contribution is 5.97. The number of carbonyl (C=O) groups excluding carboxylic acids is 2. The van der Waals surface area contributed by atoms with Crippen molar-refractivity contribution in [2.45, 2.75) is 72.4 Å².